The second-order valence-electron chi connectivity index (χ2n) is 6.56. The van der Waals surface area contributed by atoms with E-state index in [9.17, 15) is 14.0 Å². The number of aromatic nitrogens is 3. The van der Waals surface area contributed by atoms with Gasteiger partial charge in [0.1, 0.15) is 5.82 Å². The Morgan fingerprint density at radius 1 is 1.21 bits per heavy atom. The van der Waals surface area contributed by atoms with E-state index in [0.29, 0.717) is 21.7 Å². The third kappa shape index (κ3) is 4.07. The van der Waals surface area contributed by atoms with Crippen molar-refractivity contribution in [1.82, 2.24) is 14.5 Å². The lowest BCUT2D eigenvalue weighted by Gasteiger charge is -2.07. The number of benzene rings is 2. The molecule has 0 bridgehead atoms. The van der Waals surface area contributed by atoms with Crippen LogP contribution < -0.4 is 10.9 Å². The zero-order valence-corrected chi connectivity index (χ0v) is 16.4. The molecule has 0 saturated heterocycles. The lowest BCUT2D eigenvalue weighted by Crippen LogP contribution is -2.23. The Bertz CT molecular complexity index is 1250. The zero-order valence-electron chi connectivity index (χ0n) is 15.6. The van der Waals surface area contributed by atoms with Crippen molar-refractivity contribution in [2.24, 2.45) is 0 Å². The van der Waals surface area contributed by atoms with Gasteiger partial charge in [-0.2, -0.15) is 0 Å². The lowest BCUT2D eigenvalue weighted by molar-refractivity contribution is -0.116. The van der Waals surface area contributed by atoms with Crippen molar-refractivity contribution in [1.29, 1.82) is 0 Å². The van der Waals surface area contributed by atoms with E-state index in [0.717, 1.165) is 11.1 Å². The standard InChI is InChI=1S/C21H17FN4O2S/c1-13-3-2-4-16-19(13)23-12-26(20(16)28)10-9-18(27)25-21-24-17(11-29-21)14-5-7-15(22)8-6-14/h2-8,11-12H,9-10H2,1H3,(H,24,25,27). The molecule has 0 unspecified atom stereocenters. The van der Waals surface area contributed by atoms with Gasteiger partial charge in [-0.3, -0.25) is 14.2 Å². The van der Waals surface area contributed by atoms with E-state index in [1.807, 2.05) is 19.1 Å². The Hall–Kier alpha value is -3.39. The van der Waals surface area contributed by atoms with Crippen LogP contribution in [0, 0.1) is 12.7 Å². The number of amides is 1. The maximum absolute atomic E-state index is 13.0. The molecule has 2 aromatic carbocycles. The zero-order chi connectivity index (χ0) is 20.4. The van der Waals surface area contributed by atoms with Crippen LogP contribution in [0.4, 0.5) is 9.52 Å². The summed E-state index contributed by atoms with van der Waals surface area (Å²) in [6.45, 7) is 2.12. The van der Waals surface area contributed by atoms with E-state index in [-0.39, 0.29) is 30.2 Å². The summed E-state index contributed by atoms with van der Waals surface area (Å²) in [6.07, 6.45) is 1.59. The third-order valence-corrected chi connectivity index (χ3v) is 5.28. The van der Waals surface area contributed by atoms with E-state index in [2.05, 4.69) is 15.3 Å². The smallest absolute Gasteiger partial charge is 0.261 e. The van der Waals surface area contributed by atoms with Gasteiger partial charge in [0.05, 0.1) is 22.9 Å². The SMILES string of the molecule is Cc1cccc2c(=O)n(CCC(=O)Nc3nc(-c4ccc(F)cc4)cs3)cnc12. The second-order valence-corrected chi connectivity index (χ2v) is 7.42. The summed E-state index contributed by atoms with van der Waals surface area (Å²) in [4.78, 5) is 33.6. The number of fused-ring (bicyclic) bond motifs is 1. The quantitative estimate of drug-likeness (QED) is 0.542. The van der Waals surface area contributed by atoms with Crippen molar-refractivity contribution in [3.05, 3.63) is 75.9 Å². The molecule has 6 nitrogen and oxygen atoms in total. The monoisotopic (exact) mass is 408 g/mol. The van der Waals surface area contributed by atoms with Gasteiger partial charge < -0.3 is 5.32 Å². The Labute approximate surface area is 169 Å². The molecule has 2 aromatic heterocycles. The van der Waals surface area contributed by atoms with Crippen LogP contribution in [0.2, 0.25) is 0 Å². The first-order valence-corrected chi connectivity index (χ1v) is 9.85. The maximum atomic E-state index is 13.0. The lowest BCUT2D eigenvalue weighted by atomic mass is 10.1. The van der Waals surface area contributed by atoms with Crippen LogP contribution in [-0.4, -0.2) is 20.4 Å². The van der Waals surface area contributed by atoms with Gasteiger partial charge in [0.2, 0.25) is 5.91 Å². The van der Waals surface area contributed by atoms with E-state index < -0.39 is 0 Å². The van der Waals surface area contributed by atoms with Gasteiger partial charge in [0.15, 0.2) is 5.13 Å². The normalized spacial score (nSPS) is 11.0. The van der Waals surface area contributed by atoms with Gasteiger partial charge in [-0.05, 0) is 42.8 Å². The minimum atomic E-state index is -0.314. The number of halogens is 1. The number of para-hydroxylation sites is 1. The molecule has 4 aromatic rings. The van der Waals surface area contributed by atoms with Crippen LogP contribution in [0.3, 0.4) is 0 Å². The third-order valence-electron chi connectivity index (χ3n) is 4.53. The molecule has 0 aliphatic rings. The fourth-order valence-corrected chi connectivity index (χ4v) is 3.72. The Morgan fingerprint density at radius 3 is 2.79 bits per heavy atom. The summed E-state index contributed by atoms with van der Waals surface area (Å²) in [7, 11) is 0. The van der Waals surface area contributed by atoms with Gasteiger partial charge in [-0.1, -0.05) is 12.1 Å². The molecule has 4 rings (SSSR count). The van der Waals surface area contributed by atoms with Crippen molar-refractivity contribution in [3.8, 4) is 11.3 Å². The maximum Gasteiger partial charge on any atom is 0.261 e. The minimum Gasteiger partial charge on any atom is -0.302 e. The highest BCUT2D eigenvalue weighted by molar-refractivity contribution is 7.14. The van der Waals surface area contributed by atoms with Crippen molar-refractivity contribution < 1.29 is 9.18 Å². The largest absolute Gasteiger partial charge is 0.302 e. The number of hydrogen-bond acceptors (Lipinski definition) is 5. The molecule has 1 amide bonds. The van der Waals surface area contributed by atoms with Crippen LogP contribution in [0.25, 0.3) is 22.2 Å². The summed E-state index contributed by atoms with van der Waals surface area (Å²) in [6, 6.07) is 11.5. The summed E-state index contributed by atoms with van der Waals surface area (Å²) in [5.41, 5.74) is 2.88. The van der Waals surface area contributed by atoms with Crippen molar-refractivity contribution in [2.45, 2.75) is 19.9 Å². The molecular formula is C21H17FN4O2S. The molecule has 1 N–H and O–H groups in total. The number of carbonyl (C=O) groups excluding carboxylic acids is 1. The van der Waals surface area contributed by atoms with Gasteiger partial charge in [0, 0.05) is 23.9 Å². The second kappa shape index (κ2) is 7.92. The molecule has 29 heavy (non-hydrogen) atoms. The van der Waals surface area contributed by atoms with Gasteiger partial charge in [-0.25, -0.2) is 14.4 Å². The average molecular weight is 408 g/mol. The predicted molar refractivity (Wildman–Crippen MR) is 111 cm³/mol. The minimum absolute atomic E-state index is 0.115. The number of rotatable bonds is 5. The number of nitrogens with zero attached hydrogens (tertiary/aromatic N) is 3. The molecule has 0 radical (unpaired) electrons. The highest BCUT2D eigenvalue weighted by Crippen LogP contribution is 2.25. The predicted octanol–water partition coefficient (Wildman–Crippen LogP) is 4.00. The van der Waals surface area contributed by atoms with Crippen LogP contribution in [0.15, 0.2) is 59.0 Å². The number of anilines is 1. The molecular weight excluding hydrogens is 391 g/mol. The molecule has 8 heteroatoms. The Morgan fingerprint density at radius 2 is 2.00 bits per heavy atom. The van der Waals surface area contributed by atoms with E-state index in [4.69, 9.17) is 0 Å². The average Bonchev–Trinajstić information content (AvgIpc) is 3.17. The van der Waals surface area contributed by atoms with Gasteiger partial charge in [0.25, 0.3) is 5.56 Å². The van der Waals surface area contributed by atoms with Crippen LogP contribution in [0.1, 0.15) is 12.0 Å². The van der Waals surface area contributed by atoms with Crippen molar-refractivity contribution in [2.75, 3.05) is 5.32 Å². The number of carbonyl (C=O) groups is 1. The summed E-state index contributed by atoms with van der Waals surface area (Å²) in [5.74, 6) is -0.563. The van der Waals surface area contributed by atoms with E-state index in [1.165, 1.54) is 34.4 Å². The first kappa shape index (κ1) is 18.9. The van der Waals surface area contributed by atoms with Crippen LogP contribution in [0.5, 0.6) is 0 Å². The summed E-state index contributed by atoms with van der Waals surface area (Å²) < 4.78 is 14.5. The molecule has 0 saturated carbocycles. The highest BCUT2D eigenvalue weighted by Gasteiger charge is 2.10. The fraction of sp³-hybridized carbons (Fsp3) is 0.143. The molecule has 146 valence electrons. The number of nitrogens with one attached hydrogen (secondary N) is 1. The number of hydrogen-bond donors (Lipinski definition) is 1. The molecule has 0 aliphatic heterocycles. The highest BCUT2D eigenvalue weighted by atomic mass is 32.1. The molecule has 2 heterocycles. The molecule has 0 aliphatic carbocycles. The first-order valence-electron chi connectivity index (χ1n) is 8.97. The summed E-state index contributed by atoms with van der Waals surface area (Å²) in [5, 5.41) is 5.52. The Balaban J connectivity index is 1.42. The topological polar surface area (TPSA) is 76.9 Å². The van der Waals surface area contributed by atoms with Crippen LogP contribution >= 0.6 is 11.3 Å². The van der Waals surface area contributed by atoms with Gasteiger partial charge in [-0.15, -0.1) is 11.3 Å². The van der Waals surface area contributed by atoms with Gasteiger partial charge >= 0.3 is 0 Å². The number of thiazole rings is 1. The first-order chi connectivity index (χ1) is 14.0. The van der Waals surface area contributed by atoms with E-state index in [1.54, 1.807) is 23.6 Å². The molecule has 0 atom stereocenters. The van der Waals surface area contributed by atoms with E-state index >= 15 is 0 Å². The number of aryl methyl sites for hydroxylation is 2. The van der Waals surface area contributed by atoms with Crippen molar-refractivity contribution >= 4 is 33.3 Å². The summed E-state index contributed by atoms with van der Waals surface area (Å²) >= 11 is 1.29. The molecule has 0 spiro atoms. The Kier molecular flexibility index (Phi) is 5.18. The van der Waals surface area contributed by atoms with Crippen LogP contribution in [-0.2, 0) is 11.3 Å². The fourth-order valence-electron chi connectivity index (χ4n) is 2.98. The molecule has 0 fully saturated rings. The van der Waals surface area contributed by atoms with Crippen molar-refractivity contribution in [3.63, 3.8) is 0 Å².